The van der Waals surface area contributed by atoms with Crippen molar-refractivity contribution in [2.45, 2.75) is 37.7 Å². The molecule has 126 valence electrons. The molecule has 2 aromatic rings. The lowest BCUT2D eigenvalue weighted by Gasteiger charge is -2.32. The predicted molar refractivity (Wildman–Crippen MR) is 94.3 cm³/mol. The zero-order valence-corrected chi connectivity index (χ0v) is 13.7. The molecular weight excluding hydrogens is 302 g/mol. The van der Waals surface area contributed by atoms with Crippen LogP contribution < -0.4 is 10.6 Å². The first-order valence-electron chi connectivity index (χ1n) is 8.42. The molecule has 3 N–H and O–H groups in total. The van der Waals surface area contributed by atoms with Gasteiger partial charge in [0, 0.05) is 35.9 Å². The summed E-state index contributed by atoms with van der Waals surface area (Å²) in [6, 6.07) is 11.1. The minimum absolute atomic E-state index is 0.149. The number of amides is 1. The number of pyridine rings is 1. The first kappa shape index (κ1) is 16.5. The van der Waals surface area contributed by atoms with Crippen molar-refractivity contribution in [2.75, 3.05) is 11.9 Å². The molecule has 0 atom stereocenters. The number of carbonyl (C=O) groups excluding carboxylic acids is 1. The molecule has 0 spiro atoms. The number of rotatable bonds is 5. The quantitative estimate of drug-likeness (QED) is 0.789. The van der Waals surface area contributed by atoms with Crippen LogP contribution in [0.2, 0.25) is 0 Å². The smallest absolute Gasteiger partial charge is 0.251 e. The van der Waals surface area contributed by atoms with Gasteiger partial charge in [-0.05, 0) is 49.2 Å². The molecule has 0 aliphatic heterocycles. The maximum Gasteiger partial charge on any atom is 0.251 e. The van der Waals surface area contributed by atoms with E-state index in [2.05, 4.69) is 15.6 Å². The van der Waals surface area contributed by atoms with Crippen LogP contribution in [-0.2, 0) is 0 Å². The third-order valence-electron chi connectivity index (χ3n) is 4.48. The molecule has 0 saturated heterocycles. The molecule has 5 nitrogen and oxygen atoms in total. The van der Waals surface area contributed by atoms with Crippen LogP contribution in [-0.4, -0.2) is 28.1 Å². The fourth-order valence-electron chi connectivity index (χ4n) is 3.04. The van der Waals surface area contributed by atoms with Gasteiger partial charge in [-0.1, -0.05) is 19.3 Å². The minimum atomic E-state index is -0.739. The maximum atomic E-state index is 12.2. The van der Waals surface area contributed by atoms with Crippen molar-refractivity contribution in [3.8, 4) is 0 Å². The lowest BCUT2D eigenvalue weighted by Crippen LogP contribution is -2.44. The summed E-state index contributed by atoms with van der Waals surface area (Å²) in [7, 11) is 0. The van der Waals surface area contributed by atoms with E-state index in [0.717, 1.165) is 37.1 Å². The van der Waals surface area contributed by atoms with Gasteiger partial charge in [-0.25, -0.2) is 0 Å². The Bertz CT molecular complexity index is 665. The molecule has 5 heteroatoms. The zero-order valence-electron chi connectivity index (χ0n) is 13.7. The Morgan fingerprint density at radius 1 is 1.00 bits per heavy atom. The summed E-state index contributed by atoms with van der Waals surface area (Å²) >= 11 is 0. The Hall–Kier alpha value is -2.40. The van der Waals surface area contributed by atoms with E-state index < -0.39 is 5.60 Å². The van der Waals surface area contributed by atoms with Crippen molar-refractivity contribution in [2.24, 2.45) is 0 Å². The van der Waals surface area contributed by atoms with Crippen LogP contribution in [0.1, 0.15) is 42.5 Å². The van der Waals surface area contributed by atoms with Gasteiger partial charge in [0.25, 0.3) is 5.91 Å². The first-order chi connectivity index (χ1) is 11.6. The Morgan fingerprint density at radius 3 is 2.29 bits per heavy atom. The summed E-state index contributed by atoms with van der Waals surface area (Å²) in [5, 5.41) is 16.6. The molecule has 0 radical (unpaired) electrons. The fourth-order valence-corrected chi connectivity index (χ4v) is 3.04. The monoisotopic (exact) mass is 325 g/mol. The van der Waals surface area contributed by atoms with Gasteiger partial charge in [-0.2, -0.15) is 0 Å². The molecule has 24 heavy (non-hydrogen) atoms. The second kappa shape index (κ2) is 7.45. The fraction of sp³-hybridized carbons (Fsp3) is 0.368. The maximum absolute atomic E-state index is 12.2. The standard InChI is InChI=1S/C19H23N3O2/c23-18(21-14-19(24)10-2-1-3-11-19)15-4-6-16(7-5-15)22-17-8-12-20-13-9-17/h4-9,12-13,24H,1-3,10-11,14H2,(H,20,22)(H,21,23). The normalized spacial score (nSPS) is 16.4. The van der Waals surface area contributed by atoms with Crippen molar-refractivity contribution < 1.29 is 9.90 Å². The molecule has 1 amide bonds. The highest BCUT2D eigenvalue weighted by atomic mass is 16.3. The number of nitrogens with zero attached hydrogens (tertiary/aromatic N) is 1. The summed E-state index contributed by atoms with van der Waals surface area (Å²) in [5.41, 5.74) is 1.71. The van der Waals surface area contributed by atoms with Crippen molar-refractivity contribution in [1.82, 2.24) is 10.3 Å². The van der Waals surface area contributed by atoms with Gasteiger partial charge >= 0.3 is 0 Å². The number of carbonyl (C=O) groups is 1. The number of benzene rings is 1. The summed E-state index contributed by atoms with van der Waals surface area (Å²) in [6.45, 7) is 0.322. The van der Waals surface area contributed by atoms with Crippen LogP contribution in [0.25, 0.3) is 0 Å². The van der Waals surface area contributed by atoms with Crippen molar-refractivity contribution >= 4 is 17.3 Å². The lowest BCUT2D eigenvalue weighted by atomic mass is 9.85. The van der Waals surface area contributed by atoms with Crippen LogP contribution in [0.5, 0.6) is 0 Å². The number of hydrogen-bond donors (Lipinski definition) is 3. The summed E-state index contributed by atoms with van der Waals surface area (Å²) in [4.78, 5) is 16.2. The van der Waals surface area contributed by atoms with Gasteiger partial charge < -0.3 is 15.7 Å². The van der Waals surface area contributed by atoms with E-state index >= 15 is 0 Å². The van der Waals surface area contributed by atoms with E-state index in [1.54, 1.807) is 24.5 Å². The van der Waals surface area contributed by atoms with E-state index in [4.69, 9.17) is 0 Å². The van der Waals surface area contributed by atoms with Crippen LogP contribution >= 0.6 is 0 Å². The third-order valence-corrected chi connectivity index (χ3v) is 4.48. The van der Waals surface area contributed by atoms with E-state index in [1.165, 1.54) is 6.42 Å². The highest BCUT2D eigenvalue weighted by Crippen LogP contribution is 2.27. The number of aliphatic hydroxyl groups is 1. The van der Waals surface area contributed by atoms with Crippen molar-refractivity contribution in [1.29, 1.82) is 0 Å². The average molecular weight is 325 g/mol. The highest BCUT2D eigenvalue weighted by Gasteiger charge is 2.29. The highest BCUT2D eigenvalue weighted by molar-refractivity contribution is 5.94. The topological polar surface area (TPSA) is 74.2 Å². The molecule has 3 rings (SSSR count). The molecule has 0 unspecified atom stereocenters. The van der Waals surface area contributed by atoms with Crippen LogP contribution in [0.3, 0.4) is 0 Å². The van der Waals surface area contributed by atoms with Crippen LogP contribution in [0, 0.1) is 0 Å². The first-order valence-corrected chi connectivity index (χ1v) is 8.42. The molecule has 1 aliphatic rings. The number of anilines is 2. The molecule has 1 aliphatic carbocycles. The van der Waals surface area contributed by atoms with Crippen molar-refractivity contribution in [3.05, 3.63) is 54.4 Å². The van der Waals surface area contributed by atoms with E-state index in [1.807, 2.05) is 24.3 Å². The molecule has 1 aromatic carbocycles. The SMILES string of the molecule is O=C(NCC1(O)CCCCC1)c1ccc(Nc2ccncc2)cc1. The Balaban J connectivity index is 1.55. The van der Waals surface area contributed by atoms with Gasteiger partial charge in [0.05, 0.1) is 5.60 Å². The summed E-state index contributed by atoms with van der Waals surface area (Å²) < 4.78 is 0. The largest absolute Gasteiger partial charge is 0.388 e. The van der Waals surface area contributed by atoms with Gasteiger partial charge in [-0.3, -0.25) is 9.78 Å². The van der Waals surface area contributed by atoms with Gasteiger partial charge in [0.15, 0.2) is 0 Å². The van der Waals surface area contributed by atoms with Crippen molar-refractivity contribution in [3.63, 3.8) is 0 Å². The molecule has 1 heterocycles. The lowest BCUT2D eigenvalue weighted by molar-refractivity contribution is 0.00526. The van der Waals surface area contributed by atoms with Crippen LogP contribution in [0.15, 0.2) is 48.8 Å². The minimum Gasteiger partial charge on any atom is -0.388 e. The Labute approximate surface area is 142 Å². The zero-order chi connectivity index (χ0) is 16.8. The molecule has 0 bridgehead atoms. The Kier molecular flexibility index (Phi) is 5.11. The molecule has 1 aromatic heterocycles. The molecule has 1 saturated carbocycles. The second-order valence-electron chi connectivity index (χ2n) is 6.41. The van der Waals surface area contributed by atoms with E-state index in [9.17, 15) is 9.90 Å². The number of aromatic nitrogens is 1. The van der Waals surface area contributed by atoms with Gasteiger partial charge in [-0.15, -0.1) is 0 Å². The van der Waals surface area contributed by atoms with E-state index in [0.29, 0.717) is 12.1 Å². The van der Waals surface area contributed by atoms with Gasteiger partial charge in [0.2, 0.25) is 0 Å². The second-order valence-corrected chi connectivity index (χ2v) is 6.41. The van der Waals surface area contributed by atoms with E-state index in [-0.39, 0.29) is 5.91 Å². The number of hydrogen-bond acceptors (Lipinski definition) is 4. The average Bonchev–Trinajstić information content (AvgIpc) is 2.62. The summed E-state index contributed by atoms with van der Waals surface area (Å²) in [6.07, 6.45) is 8.20. The summed E-state index contributed by atoms with van der Waals surface area (Å²) in [5.74, 6) is -0.149. The van der Waals surface area contributed by atoms with Crippen LogP contribution in [0.4, 0.5) is 11.4 Å². The molecule has 1 fully saturated rings. The van der Waals surface area contributed by atoms with Gasteiger partial charge in [0.1, 0.15) is 0 Å². The predicted octanol–water partition coefficient (Wildman–Crippen LogP) is 3.25. The number of nitrogens with one attached hydrogen (secondary N) is 2. The molecular formula is C19H23N3O2. The third kappa shape index (κ3) is 4.32. The Morgan fingerprint density at radius 2 is 1.62 bits per heavy atom.